The van der Waals surface area contributed by atoms with Crippen LogP contribution in [0.15, 0.2) is 22.7 Å². The Morgan fingerprint density at radius 2 is 2.33 bits per heavy atom. The topological polar surface area (TPSA) is 71.3 Å². The number of benzene rings is 1. The highest BCUT2D eigenvalue weighted by molar-refractivity contribution is 6.31. The second kappa shape index (κ2) is 7.27. The summed E-state index contributed by atoms with van der Waals surface area (Å²) in [5, 5.41) is 7.04. The number of carbonyl (C=O) groups excluding carboxylic acids is 1. The van der Waals surface area contributed by atoms with E-state index in [-0.39, 0.29) is 18.4 Å². The summed E-state index contributed by atoms with van der Waals surface area (Å²) in [5.74, 6) is 0.256. The number of rotatable bonds is 5. The molecule has 0 spiro atoms. The maximum atomic E-state index is 13.8. The van der Waals surface area contributed by atoms with Gasteiger partial charge >= 0.3 is 0 Å². The SMILES string of the molecule is CCN1CCNC(=O)[C@H]1Cc1nc(Cc2c(F)cccc2Cl)no1. The highest BCUT2D eigenvalue weighted by Gasteiger charge is 2.30. The van der Waals surface area contributed by atoms with Crippen LogP contribution in [0.4, 0.5) is 4.39 Å². The lowest BCUT2D eigenvalue weighted by atomic mass is 10.1. The first-order chi connectivity index (χ1) is 11.6. The van der Waals surface area contributed by atoms with Gasteiger partial charge in [0, 0.05) is 30.1 Å². The summed E-state index contributed by atoms with van der Waals surface area (Å²) in [6.07, 6.45) is 0.473. The number of halogens is 2. The molecule has 1 N–H and O–H groups in total. The van der Waals surface area contributed by atoms with Crippen LogP contribution < -0.4 is 5.32 Å². The lowest BCUT2D eigenvalue weighted by molar-refractivity contribution is -0.129. The van der Waals surface area contributed by atoms with E-state index in [1.807, 2.05) is 6.92 Å². The van der Waals surface area contributed by atoms with E-state index >= 15 is 0 Å². The molecular formula is C16H18ClFN4O2. The molecule has 2 heterocycles. The number of hydrogen-bond acceptors (Lipinski definition) is 5. The van der Waals surface area contributed by atoms with Gasteiger partial charge in [-0.15, -0.1) is 0 Å². The first-order valence-corrected chi connectivity index (χ1v) is 8.22. The molecule has 0 bridgehead atoms. The van der Waals surface area contributed by atoms with Crippen LogP contribution in [-0.2, 0) is 17.6 Å². The van der Waals surface area contributed by atoms with E-state index in [4.69, 9.17) is 16.1 Å². The molecule has 1 atom stereocenters. The fourth-order valence-corrected chi connectivity index (χ4v) is 3.06. The summed E-state index contributed by atoms with van der Waals surface area (Å²) in [6.45, 7) is 4.21. The van der Waals surface area contributed by atoms with Gasteiger partial charge in [0.25, 0.3) is 0 Å². The van der Waals surface area contributed by atoms with Gasteiger partial charge in [0.2, 0.25) is 11.8 Å². The molecule has 2 aromatic rings. The van der Waals surface area contributed by atoms with Gasteiger partial charge in [-0.1, -0.05) is 29.7 Å². The van der Waals surface area contributed by atoms with Crippen molar-refractivity contribution in [1.82, 2.24) is 20.4 Å². The number of aromatic nitrogens is 2. The molecule has 3 rings (SSSR count). The predicted molar refractivity (Wildman–Crippen MR) is 86.3 cm³/mol. The molecule has 6 nitrogen and oxygen atoms in total. The summed E-state index contributed by atoms with van der Waals surface area (Å²) >= 11 is 6.01. The maximum Gasteiger partial charge on any atom is 0.237 e. The van der Waals surface area contributed by atoms with Crippen molar-refractivity contribution in [3.05, 3.63) is 46.3 Å². The van der Waals surface area contributed by atoms with Crippen LogP contribution in [0.25, 0.3) is 0 Å². The largest absolute Gasteiger partial charge is 0.353 e. The fraction of sp³-hybridized carbons (Fsp3) is 0.438. The Hall–Kier alpha value is -1.99. The van der Waals surface area contributed by atoms with Gasteiger partial charge < -0.3 is 9.84 Å². The van der Waals surface area contributed by atoms with Crippen LogP contribution in [-0.4, -0.2) is 46.6 Å². The molecule has 0 radical (unpaired) electrons. The van der Waals surface area contributed by atoms with Gasteiger partial charge in [0.15, 0.2) is 5.82 Å². The smallest absolute Gasteiger partial charge is 0.237 e. The second-order valence-corrected chi connectivity index (χ2v) is 6.03. The van der Waals surface area contributed by atoms with E-state index in [2.05, 4.69) is 20.4 Å². The van der Waals surface area contributed by atoms with Gasteiger partial charge in [-0.05, 0) is 18.7 Å². The third-order valence-electron chi connectivity index (χ3n) is 4.12. The molecule has 1 aliphatic rings. The van der Waals surface area contributed by atoms with Crippen LogP contribution >= 0.6 is 11.6 Å². The summed E-state index contributed by atoms with van der Waals surface area (Å²) in [5.41, 5.74) is 0.331. The van der Waals surface area contributed by atoms with E-state index in [0.29, 0.717) is 35.3 Å². The van der Waals surface area contributed by atoms with Gasteiger partial charge in [-0.3, -0.25) is 9.69 Å². The van der Waals surface area contributed by atoms with Crippen molar-refractivity contribution in [2.75, 3.05) is 19.6 Å². The van der Waals surface area contributed by atoms with Crippen molar-refractivity contribution >= 4 is 17.5 Å². The van der Waals surface area contributed by atoms with Gasteiger partial charge in [-0.2, -0.15) is 4.98 Å². The first-order valence-electron chi connectivity index (χ1n) is 7.84. The standard InChI is InChI=1S/C16H18ClFN4O2/c1-2-22-7-6-19-16(23)13(22)9-15-20-14(21-24-15)8-10-11(17)4-3-5-12(10)18/h3-5,13H,2,6-9H2,1H3,(H,19,23)/t13-/m1/s1. The summed E-state index contributed by atoms with van der Waals surface area (Å²) in [7, 11) is 0. The fourth-order valence-electron chi connectivity index (χ4n) is 2.83. The Kier molecular flexibility index (Phi) is 5.11. The molecule has 0 saturated carbocycles. The molecule has 1 aliphatic heterocycles. The number of hydrogen-bond donors (Lipinski definition) is 1. The number of nitrogens with one attached hydrogen (secondary N) is 1. The van der Waals surface area contributed by atoms with Gasteiger partial charge in [-0.25, -0.2) is 4.39 Å². The lowest BCUT2D eigenvalue weighted by Crippen LogP contribution is -2.55. The zero-order chi connectivity index (χ0) is 17.1. The minimum Gasteiger partial charge on any atom is -0.353 e. The number of amides is 1. The zero-order valence-electron chi connectivity index (χ0n) is 13.3. The Morgan fingerprint density at radius 3 is 3.08 bits per heavy atom. The number of carbonyl (C=O) groups is 1. The molecule has 0 aliphatic carbocycles. The molecule has 1 amide bonds. The molecule has 1 fully saturated rings. The van der Waals surface area contributed by atoms with E-state index < -0.39 is 5.82 Å². The normalized spacial score (nSPS) is 18.6. The summed E-state index contributed by atoms with van der Waals surface area (Å²) < 4.78 is 19.1. The molecule has 1 saturated heterocycles. The van der Waals surface area contributed by atoms with Gasteiger partial charge in [0.1, 0.15) is 5.82 Å². The molecular weight excluding hydrogens is 335 g/mol. The van der Waals surface area contributed by atoms with Crippen LogP contribution in [0, 0.1) is 5.82 Å². The average Bonchev–Trinajstić information content (AvgIpc) is 3.00. The Labute approximate surface area is 144 Å². The predicted octanol–water partition coefficient (Wildman–Crippen LogP) is 1.82. The number of likely N-dealkylation sites (N-methyl/N-ethyl adjacent to an activating group) is 1. The molecule has 24 heavy (non-hydrogen) atoms. The van der Waals surface area contributed by atoms with Crippen LogP contribution in [0.2, 0.25) is 5.02 Å². The minimum absolute atomic E-state index is 0.0417. The van der Waals surface area contributed by atoms with Crippen molar-refractivity contribution in [3.63, 3.8) is 0 Å². The van der Waals surface area contributed by atoms with E-state index in [1.54, 1.807) is 12.1 Å². The lowest BCUT2D eigenvalue weighted by Gasteiger charge is -2.33. The Balaban J connectivity index is 1.72. The highest BCUT2D eigenvalue weighted by Crippen LogP contribution is 2.21. The minimum atomic E-state index is -0.405. The van der Waals surface area contributed by atoms with E-state index in [0.717, 1.165) is 13.1 Å². The molecule has 1 aromatic heterocycles. The van der Waals surface area contributed by atoms with E-state index in [9.17, 15) is 9.18 Å². The van der Waals surface area contributed by atoms with E-state index in [1.165, 1.54) is 6.07 Å². The quantitative estimate of drug-likeness (QED) is 0.888. The maximum absolute atomic E-state index is 13.8. The molecule has 128 valence electrons. The Bertz CT molecular complexity index is 716. The van der Waals surface area contributed by atoms with Crippen LogP contribution in [0.5, 0.6) is 0 Å². The van der Waals surface area contributed by atoms with Crippen LogP contribution in [0.3, 0.4) is 0 Å². The summed E-state index contributed by atoms with van der Waals surface area (Å²) in [6, 6.07) is 4.18. The monoisotopic (exact) mass is 352 g/mol. The average molecular weight is 353 g/mol. The third kappa shape index (κ3) is 3.57. The van der Waals surface area contributed by atoms with Crippen LogP contribution in [0.1, 0.15) is 24.2 Å². The van der Waals surface area contributed by atoms with Crippen molar-refractivity contribution < 1.29 is 13.7 Å². The Morgan fingerprint density at radius 1 is 1.50 bits per heavy atom. The van der Waals surface area contributed by atoms with Crippen molar-refractivity contribution in [1.29, 1.82) is 0 Å². The third-order valence-corrected chi connectivity index (χ3v) is 4.48. The highest BCUT2D eigenvalue weighted by atomic mass is 35.5. The van der Waals surface area contributed by atoms with Crippen molar-refractivity contribution in [2.24, 2.45) is 0 Å². The second-order valence-electron chi connectivity index (χ2n) is 5.62. The molecule has 0 unspecified atom stereocenters. The van der Waals surface area contributed by atoms with Gasteiger partial charge in [0.05, 0.1) is 12.5 Å². The van der Waals surface area contributed by atoms with Crippen molar-refractivity contribution in [3.8, 4) is 0 Å². The van der Waals surface area contributed by atoms with Crippen molar-refractivity contribution in [2.45, 2.75) is 25.8 Å². The first kappa shape index (κ1) is 16.9. The summed E-state index contributed by atoms with van der Waals surface area (Å²) in [4.78, 5) is 18.4. The number of piperazine rings is 1. The number of nitrogens with zero attached hydrogens (tertiary/aromatic N) is 3. The molecule has 1 aromatic carbocycles. The zero-order valence-corrected chi connectivity index (χ0v) is 14.0. The molecule has 8 heteroatoms.